The third-order valence-corrected chi connectivity index (χ3v) is 5.30. The molecular formula is C16H21N5O2S. The standard InChI is InChI=1S/C16H21N5O2S/c1-12-19-14(15-7-10-21(15)24(2,22)23)11-16(20-12)18-9-6-13-5-3-4-8-17-13/h3-5,8,11,15H,6-7,9-10H2,1-2H3,(H,18,19,20)/t15-/m1/s1. The van der Waals surface area contributed by atoms with Crippen molar-refractivity contribution in [1.82, 2.24) is 19.3 Å². The van der Waals surface area contributed by atoms with Crippen LogP contribution in [-0.2, 0) is 16.4 Å². The van der Waals surface area contributed by atoms with Crippen molar-refractivity contribution < 1.29 is 8.42 Å². The van der Waals surface area contributed by atoms with Crippen LogP contribution in [0.25, 0.3) is 0 Å². The molecule has 1 aliphatic rings. The number of hydrogen-bond donors (Lipinski definition) is 1. The van der Waals surface area contributed by atoms with Crippen molar-refractivity contribution in [3.8, 4) is 0 Å². The Balaban J connectivity index is 1.68. The molecule has 3 heterocycles. The van der Waals surface area contributed by atoms with Gasteiger partial charge in [-0.1, -0.05) is 6.07 Å². The fraction of sp³-hybridized carbons (Fsp3) is 0.438. The number of anilines is 1. The van der Waals surface area contributed by atoms with Crippen molar-refractivity contribution in [2.75, 3.05) is 24.7 Å². The Morgan fingerprint density at radius 3 is 2.79 bits per heavy atom. The van der Waals surface area contributed by atoms with Crippen LogP contribution in [0.5, 0.6) is 0 Å². The predicted molar refractivity (Wildman–Crippen MR) is 92.1 cm³/mol. The van der Waals surface area contributed by atoms with Gasteiger partial charge >= 0.3 is 0 Å². The number of nitrogens with one attached hydrogen (secondary N) is 1. The van der Waals surface area contributed by atoms with E-state index in [9.17, 15) is 8.42 Å². The van der Waals surface area contributed by atoms with Gasteiger partial charge in [-0.05, 0) is 25.5 Å². The molecule has 3 rings (SSSR count). The summed E-state index contributed by atoms with van der Waals surface area (Å²) in [6.45, 7) is 3.07. The lowest BCUT2D eigenvalue weighted by molar-refractivity contribution is 0.199. The Morgan fingerprint density at radius 2 is 2.17 bits per heavy atom. The monoisotopic (exact) mass is 347 g/mol. The molecular weight excluding hydrogens is 326 g/mol. The van der Waals surface area contributed by atoms with E-state index in [0.29, 0.717) is 24.7 Å². The SMILES string of the molecule is Cc1nc(NCCc2ccccn2)cc([C@H]2CCN2S(C)(=O)=O)n1. The summed E-state index contributed by atoms with van der Waals surface area (Å²) in [5.41, 5.74) is 1.76. The molecule has 8 heteroatoms. The summed E-state index contributed by atoms with van der Waals surface area (Å²) < 4.78 is 25.0. The number of hydrogen-bond acceptors (Lipinski definition) is 6. The van der Waals surface area contributed by atoms with Gasteiger partial charge in [0, 0.05) is 37.5 Å². The van der Waals surface area contributed by atoms with Gasteiger partial charge in [0.1, 0.15) is 11.6 Å². The Morgan fingerprint density at radius 1 is 1.33 bits per heavy atom. The van der Waals surface area contributed by atoms with Crippen molar-refractivity contribution >= 4 is 15.8 Å². The van der Waals surface area contributed by atoms with E-state index in [-0.39, 0.29) is 6.04 Å². The van der Waals surface area contributed by atoms with Crippen LogP contribution >= 0.6 is 0 Å². The predicted octanol–water partition coefficient (Wildman–Crippen LogP) is 1.54. The largest absolute Gasteiger partial charge is 0.370 e. The van der Waals surface area contributed by atoms with Crippen molar-refractivity contribution in [3.05, 3.63) is 47.7 Å². The topological polar surface area (TPSA) is 88.1 Å². The van der Waals surface area contributed by atoms with E-state index in [1.54, 1.807) is 6.20 Å². The van der Waals surface area contributed by atoms with Gasteiger partial charge in [-0.3, -0.25) is 4.98 Å². The van der Waals surface area contributed by atoms with E-state index in [1.165, 1.54) is 10.6 Å². The molecule has 0 bridgehead atoms. The van der Waals surface area contributed by atoms with Crippen LogP contribution in [0.2, 0.25) is 0 Å². The molecule has 0 radical (unpaired) electrons. The molecule has 0 amide bonds. The van der Waals surface area contributed by atoms with Gasteiger partial charge in [-0.2, -0.15) is 4.31 Å². The van der Waals surface area contributed by atoms with Crippen molar-refractivity contribution in [2.24, 2.45) is 0 Å². The highest BCUT2D eigenvalue weighted by atomic mass is 32.2. The molecule has 1 N–H and O–H groups in total. The van der Waals surface area contributed by atoms with Crippen molar-refractivity contribution in [1.29, 1.82) is 0 Å². The summed E-state index contributed by atoms with van der Waals surface area (Å²) in [7, 11) is -3.20. The fourth-order valence-electron chi connectivity index (χ4n) is 2.77. The van der Waals surface area contributed by atoms with Gasteiger partial charge in [0.25, 0.3) is 0 Å². The lowest BCUT2D eigenvalue weighted by atomic mass is 10.0. The Bertz CT molecular complexity index is 810. The summed E-state index contributed by atoms with van der Waals surface area (Å²) in [6.07, 6.45) is 4.59. The molecule has 0 saturated carbocycles. The molecule has 128 valence electrons. The molecule has 1 atom stereocenters. The number of rotatable bonds is 6. The zero-order valence-corrected chi connectivity index (χ0v) is 14.6. The van der Waals surface area contributed by atoms with E-state index >= 15 is 0 Å². The first-order chi connectivity index (χ1) is 11.4. The number of nitrogens with zero attached hydrogens (tertiary/aromatic N) is 4. The van der Waals surface area contributed by atoms with Crippen LogP contribution in [0.1, 0.15) is 29.7 Å². The zero-order chi connectivity index (χ0) is 17.2. The number of aryl methyl sites for hydroxylation is 1. The second-order valence-corrected chi connectivity index (χ2v) is 7.84. The summed E-state index contributed by atoms with van der Waals surface area (Å²) in [4.78, 5) is 13.1. The van der Waals surface area contributed by atoms with Crippen LogP contribution in [0, 0.1) is 6.92 Å². The van der Waals surface area contributed by atoms with Crippen LogP contribution < -0.4 is 5.32 Å². The molecule has 2 aromatic rings. The molecule has 7 nitrogen and oxygen atoms in total. The lowest BCUT2D eigenvalue weighted by Crippen LogP contribution is -2.44. The molecule has 0 aliphatic carbocycles. The third kappa shape index (κ3) is 3.88. The summed E-state index contributed by atoms with van der Waals surface area (Å²) in [5.74, 6) is 1.35. The first-order valence-corrected chi connectivity index (χ1v) is 9.74. The molecule has 1 saturated heterocycles. The maximum atomic E-state index is 11.8. The van der Waals surface area contributed by atoms with E-state index in [4.69, 9.17) is 0 Å². The average molecular weight is 347 g/mol. The number of pyridine rings is 1. The number of aromatic nitrogens is 3. The maximum Gasteiger partial charge on any atom is 0.211 e. The maximum absolute atomic E-state index is 11.8. The fourth-order valence-corrected chi connectivity index (χ4v) is 3.89. The molecule has 2 aromatic heterocycles. The van der Waals surface area contributed by atoms with Gasteiger partial charge in [-0.25, -0.2) is 18.4 Å². The quantitative estimate of drug-likeness (QED) is 0.853. The van der Waals surface area contributed by atoms with Gasteiger partial charge in [0.05, 0.1) is 18.0 Å². The lowest BCUT2D eigenvalue weighted by Gasteiger charge is -2.38. The molecule has 0 spiro atoms. The van der Waals surface area contributed by atoms with Crippen LogP contribution in [0.4, 0.5) is 5.82 Å². The Kier molecular flexibility index (Phi) is 4.77. The van der Waals surface area contributed by atoms with E-state index in [2.05, 4.69) is 20.3 Å². The highest BCUT2D eigenvalue weighted by Gasteiger charge is 2.37. The average Bonchev–Trinajstić information content (AvgIpc) is 2.45. The first-order valence-electron chi connectivity index (χ1n) is 7.89. The van der Waals surface area contributed by atoms with Gasteiger partial charge in [0.15, 0.2) is 0 Å². The second-order valence-electron chi connectivity index (χ2n) is 5.90. The summed E-state index contributed by atoms with van der Waals surface area (Å²) in [6, 6.07) is 7.50. The smallest absolute Gasteiger partial charge is 0.211 e. The van der Waals surface area contributed by atoms with E-state index in [0.717, 1.165) is 24.2 Å². The minimum atomic E-state index is -3.20. The van der Waals surface area contributed by atoms with Gasteiger partial charge in [-0.15, -0.1) is 0 Å². The highest BCUT2D eigenvalue weighted by molar-refractivity contribution is 7.88. The molecule has 0 unspecified atom stereocenters. The first kappa shape index (κ1) is 16.8. The molecule has 1 fully saturated rings. The van der Waals surface area contributed by atoms with Crippen LogP contribution in [-0.4, -0.2) is 47.0 Å². The summed E-state index contributed by atoms with van der Waals surface area (Å²) in [5, 5.41) is 3.27. The van der Waals surface area contributed by atoms with Gasteiger partial charge in [0.2, 0.25) is 10.0 Å². The minimum Gasteiger partial charge on any atom is -0.370 e. The normalized spacial score (nSPS) is 18.2. The second kappa shape index (κ2) is 6.82. The Hall–Kier alpha value is -2.06. The molecule has 24 heavy (non-hydrogen) atoms. The third-order valence-electron chi connectivity index (χ3n) is 4.01. The Labute approximate surface area is 142 Å². The molecule has 0 aromatic carbocycles. The minimum absolute atomic E-state index is 0.182. The van der Waals surface area contributed by atoms with Crippen LogP contribution in [0.15, 0.2) is 30.5 Å². The molecule has 1 aliphatic heterocycles. The van der Waals surface area contributed by atoms with E-state index < -0.39 is 10.0 Å². The zero-order valence-electron chi connectivity index (χ0n) is 13.8. The van der Waals surface area contributed by atoms with E-state index in [1.807, 2.05) is 31.2 Å². The van der Waals surface area contributed by atoms with Crippen molar-refractivity contribution in [2.45, 2.75) is 25.8 Å². The van der Waals surface area contributed by atoms with Crippen LogP contribution in [0.3, 0.4) is 0 Å². The summed E-state index contributed by atoms with van der Waals surface area (Å²) >= 11 is 0. The van der Waals surface area contributed by atoms with Gasteiger partial charge < -0.3 is 5.32 Å². The number of sulfonamides is 1. The highest BCUT2D eigenvalue weighted by Crippen LogP contribution is 2.34. The van der Waals surface area contributed by atoms with Crippen molar-refractivity contribution in [3.63, 3.8) is 0 Å².